The summed E-state index contributed by atoms with van der Waals surface area (Å²) in [7, 11) is 0. The number of para-hydroxylation sites is 1. The minimum Gasteiger partial charge on any atom is -0.323 e. The SMILES string of the molecule is Cc1cn(/C=C/C=C/[N+](=O)[O-])c2ccccc12. The zero-order chi connectivity index (χ0) is 12.3. The van der Waals surface area contributed by atoms with Gasteiger partial charge in [0.1, 0.15) is 0 Å². The van der Waals surface area contributed by atoms with Gasteiger partial charge >= 0.3 is 0 Å². The van der Waals surface area contributed by atoms with Gasteiger partial charge in [0.2, 0.25) is 6.20 Å². The number of rotatable bonds is 3. The molecule has 0 saturated heterocycles. The number of aryl methyl sites for hydroxylation is 1. The van der Waals surface area contributed by atoms with Crippen molar-refractivity contribution in [2.75, 3.05) is 0 Å². The average molecular weight is 228 g/mol. The zero-order valence-corrected chi connectivity index (χ0v) is 9.41. The molecule has 4 heteroatoms. The molecule has 0 atom stereocenters. The molecule has 0 spiro atoms. The highest BCUT2D eigenvalue weighted by atomic mass is 16.6. The van der Waals surface area contributed by atoms with Crippen LogP contribution in [-0.2, 0) is 0 Å². The molecule has 0 fully saturated rings. The van der Waals surface area contributed by atoms with E-state index in [2.05, 4.69) is 6.07 Å². The van der Waals surface area contributed by atoms with Crippen molar-refractivity contribution in [1.29, 1.82) is 0 Å². The van der Waals surface area contributed by atoms with E-state index in [0.29, 0.717) is 0 Å². The number of aromatic nitrogens is 1. The quantitative estimate of drug-likeness (QED) is 0.460. The summed E-state index contributed by atoms with van der Waals surface area (Å²) in [6.45, 7) is 2.04. The Hall–Kier alpha value is -2.36. The highest BCUT2D eigenvalue weighted by molar-refractivity contribution is 5.85. The minimum atomic E-state index is -0.483. The summed E-state index contributed by atoms with van der Waals surface area (Å²) in [5.74, 6) is 0. The molecule has 0 saturated carbocycles. The van der Waals surface area contributed by atoms with Crippen LogP contribution >= 0.6 is 0 Å². The Kier molecular flexibility index (Phi) is 3.05. The van der Waals surface area contributed by atoms with Crippen LogP contribution in [0.3, 0.4) is 0 Å². The fraction of sp³-hybridized carbons (Fsp3) is 0.0769. The van der Waals surface area contributed by atoms with Gasteiger partial charge in [0.25, 0.3) is 0 Å². The van der Waals surface area contributed by atoms with E-state index >= 15 is 0 Å². The number of allylic oxidation sites excluding steroid dienone is 2. The summed E-state index contributed by atoms with van der Waals surface area (Å²) in [5, 5.41) is 11.3. The van der Waals surface area contributed by atoms with Crippen molar-refractivity contribution in [2.45, 2.75) is 6.92 Å². The van der Waals surface area contributed by atoms with Gasteiger partial charge in [0.05, 0.1) is 10.4 Å². The van der Waals surface area contributed by atoms with Crippen molar-refractivity contribution in [3.05, 3.63) is 64.5 Å². The predicted molar refractivity (Wildman–Crippen MR) is 68.1 cm³/mol. The van der Waals surface area contributed by atoms with Gasteiger partial charge in [-0.1, -0.05) is 18.2 Å². The van der Waals surface area contributed by atoms with Gasteiger partial charge in [0.15, 0.2) is 0 Å². The highest BCUT2D eigenvalue weighted by Crippen LogP contribution is 2.20. The molecule has 1 heterocycles. The van der Waals surface area contributed by atoms with Gasteiger partial charge in [-0.05, 0) is 24.6 Å². The molecule has 0 aliphatic carbocycles. The second-order valence-corrected chi connectivity index (χ2v) is 3.70. The second kappa shape index (κ2) is 4.65. The van der Waals surface area contributed by atoms with Crippen LogP contribution in [0.5, 0.6) is 0 Å². The first kappa shape index (κ1) is 11.1. The first-order valence-electron chi connectivity index (χ1n) is 5.23. The molecule has 0 bridgehead atoms. The van der Waals surface area contributed by atoms with Crippen LogP contribution in [-0.4, -0.2) is 9.49 Å². The Morgan fingerprint density at radius 2 is 2.06 bits per heavy atom. The van der Waals surface area contributed by atoms with E-state index in [9.17, 15) is 10.1 Å². The molecule has 0 amide bonds. The lowest BCUT2D eigenvalue weighted by Crippen LogP contribution is -1.83. The third kappa shape index (κ3) is 2.42. The third-order valence-electron chi connectivity index (χ3n) is 2.51. The maximum absolute atomic E-state index is 10.1. The van der Waals surface area contributed by atoms with Gasteiger partial charge in [0, 0.05) is 23.9 Å². The average Bonchev–Trinajstić information content (AvgIpc) is 2.63. The van der Waals surface area contributed by atoms with Crippen molar-refractivity contribution in [3.63, 3.8) is 0 Å². The molecule has 0 aliphatic rings. The molecule has 0 aliphatic heterocycles. The van der Waals surface area contributed by atoms with Gasteiger partial charge < -0.3 is 4.57 Å². The standard InChI is InChI=1S/C13H12N2O2/c1-11-10-14(8-4-5-9-15(16)17)13-7-3-2-6-12(11)13/h2-10H,1H3/b8-4+,9-5+. The molecular formula is C13H12N2O2. The van der Waals surface area contributed by atoms with Gasteiger partial charge in [-0.3, -0.25) is 10.1 Å². The summed E-state index contributed by atoms with van der Waals surface area (Å²) in [4.78, 5) is 9.62. The Bertz CT molecular complexity index is 609. The Labute approximate surface area is 98.6 Å². The van der Waals surface area contributed by atoms with E-state index in [1.54, 1.807) is 12.3 Å². The molecule has 4 nitrogen and oxygen atoms in total. The second-order valence-electron chi connectivity index (χ2n) is 3.70. The van der Waals surface area contributed by atoms with Crippen molar-refractivity contribution in [2.24, 2.45) is 0 Å². The van der Waals surface area contributed by atoms with Gasteiger partial charge in [-0.15, -0.1) is 0 Å². The Balaban J connectivity index is 2.33. The van der Waals surface area contributed by atoms with Crippen LogP contribution in [0.1, 0.15) is 5.56 Å². The van der Waals surface area contributed by atoms with E-state index < -0.39 is 4.92 Å². The molecule has 2 rings (SSSR count). The molecule has 17 heavy (non-hydrogen) atoms. The van der Waals surface area contributed by atoms with Crippen LogP contribution < -0.4 is 0 Å². The summed E-state index contributed by atoms with van der Waals surface area (Å²) in [6.07, 6.45) is 7.77. The lowest BCUT2D eigenvalue weighted by Gasteiger charge is -1.95. The number of nitrogens with zero attached hydrogens (tertiary/aromatic N) is 2. The fourth-order valence-electron chi connectivity index (χ4n) is 1.77. The molecule has 0 radical (unpaired) electrons. The fourth-order valence-corrected chi connectivity index (χ4v) is 1.77. The number of benzene rings is 1. The van der Waals surface area contributed by atoms with Crippen molar-refractivity contribution in [1.82, 2.24) is 4.57 Å². The van der Waals surface area contributed by atoms with E-state index in [0.717, 1.165) is 11.7 Å². The molecule has 2 aromatic rings. The largest absolute Gasteiger partial charge is 0.323 e. The van der Waals surface area contributed by atoms with Crippen LogP contribution in [0.2, 0.25) is 0 Å². The van der Waals surface area contributed by atoms with Crippen molar-refractivity contribution < 1.29 is 4.92 Å². The maximum Gasteiger partial charge on any atom is 0.234 e. The van der Waals surface area contributed by atoms with Crippen LogP contribution in [0.15, 0.2) is 48.8 Å². The van der Waals surface area contributed by atoms with Crippen LogP contribution in [0.25, 0.3) is 17.1 Å². The van der Waals surface area contributed by atoms with Crippen LogP contribution in [0, 0.1) is 17.0 Å². The maximum atomic E-state index is 10.1. The van der Waals surface area contributed by atoms with Crippen LogP contribution in [0.4, 0.5) is 0 Å². The minimum absolute atomic E-state index is 0.483. The zero-order valence-electron chi connectivity index (χ0n) is 9.41. The lowest BCUT2D eigenvalue weighted by atomic mass is 10.2. The Morgan fingerprint density at radius 3 is 2.82 bits per heavy atom. The van der Waals surface area contributed by atoms with Crippen molar-refractivity contribution in [3.8, 4) is 0 Å². The van der Waals surface area contributed by atoms with Gasteiger partial charge in [-0.2, -0.15) is 0 Å². The van der Waals surface area contributed by atoms with Gasteiger partial charge in [-0.25, -0.2) is 0 Å². The lowest BCUT2D eigenvalue weighted by molar-refractivity contribution is -0.402. The molecule has 86 valence electrons. The number of nitro groups is 1. The number of hydrogen-bond donors (Lipinski definition) is 0. The Morgan fingerprint density at radius 1 is 1.29 bits per heavy atom. The summed E-state index contributed by atoms with van der Waals surface area (Å²) < 4.78 is 1.95. The number of fused-ring (bicyclic) bond motifs is 1. The summed E-state index contributed by atoms with van der Waals surface area (Å²) in [6, 6.07) is 8.04. The molecule has 1 aromatic heterocycles. The molecule has 1 aromatic carbocycles. The molecular weight excluding hydrogens is 216 g/mol. The van der Waals surface area contributed by atoms with E-state index in [-0.39, 0.29) is 0 Å². The van der Waals surface area contributed by atoms with E-state index in [4.69, 9.17) is 0 Å². The molecule has 0 unspecified atom stereocenters. The predicted octanol–water partition coefficient (Wildman–Crippen LogP) is 3.21. The van der Waals surface area contributed by atoms with E-state index in [1.165, 1.54) is 17.0 Å². The third-order valence-corrected chi connectivity index (χ3v) is 2.51. The molecule has 0 N–H and O–H groups in total. The topological polar surface area (TPSA) is 48.1 Å². The highest BCUT2D eigenvalue weighted by Gasteiger charge is 2.01. The first-order chi connectivity index (χ1) is 8.18. The normalized spacial score (nSPS) is 11.8. The van der Waals surface area contributed by atoms with E-state index in [1.807, 2.05) is 35.9 Å². The number of hydrogen-bond acceptors (Lipinski definition) is 2. The summed E-state index contributed by atoms with van der Waals surface area (Å²) in [5.41, 5.74) is 2.28. The summed E-state index contributed by atoms with van der Waals surface area (Å²) >= 11 is 0. The smallest absolute Gasteiger partial charge is 0.234 e. The first-order valence-corrected chi connectivity index (χ1v) is 5.23. The monoisotopic (exact) mass is 228 g/mol. The van der Waals surface area contributed by atoms with Crippen molar-refractivity contribution >= 4 is 17.1 Å².